The van der Waals surface area contributed by atoms with Crippen LogP contribution < -0.4 is 0 Å². The Morgan fingerprint density at radius 2 is 2.19 bits per heavy atom. The average molecular weight is 364 g/mol. The van der Waals surface area contributed by atoms with Gasteiger partial charge in [0.25, 0.3) is 0 Å². The SMILES string of the molecule is CC(/C=C\c1ccc([N+](=O)[O-])o1)=N/N1C[C@H](CN2CCOCC2)OC1=O. The number of carbonyl (C=O) groups excluding carboxylic acids is 1. The maximum absolute atomic E-state index is 12.0. The van der Waals surface area contributed by atoms with Gasteiger partial charge in [-0.3, -0.25) is 15.0 Å². The Labute approximate surface area is 149 Å². The van der Waals surface area contributed by atoms with Crippen molar-refractivity contribution < 1.29 is 23.6 Å². The molecule has 2 fully saturated rings. The summed E-state index contributed by atoms with van der Waals surface area (Å²) < 4.78 is 15.7. The molecule has 0 aliphatic carbocycles. The lowest BCUT2D eigenvalue weighted by Gasteiger charge is -2.27. The number of carbonyl (C=O) groups is 1. The zero-order chi connectivity index (χ0) is 18.5. The van der Waals surface area contributed by atoms with E-state index < -0.39 is 11.0 Å². The molecule has 10 heteroatoms. The number of amides is 1. The first kappa shape index (κ1) is 18.1. The number of nitro groups is 1. The first-order valence-corrected chi connectivity index (χ1v) is 8.27. The van der Waals surface area contributed by atoms with Crippen molar-refractivity contribution in [2.24, 2.45) is 5.10 Å². The van der Waals surface area contributed by atoms with Gasteiger partial charge in [-0.15, -0.1) is 0 Å². The largest absolute Gasteiger partial charge is 0.441 e. The Kier molecular flexibility index (Phi) is 5.64. The van der Waals surface area contributed by atoms with Crippen molar-refractivity contribution >= 4 is 23.8 Å². The van der Waals surface area contributed by atoms with E-state index in [4.69, 9.17) is 13.9 Å². The number of cyclic esters (lactones) is 1. The number of nitrogens with zero attached hydrogens (tertiary/aromatic N) is 4. The molecule has 0 saturated carbocycles. The van der Waals surface area contributed by atoms with E-state index in [0.717, 1.165) is 13.1 Å². The number of furan rings is 1. The maximum atomic E-state index is 12.0. The van der Waals surface area contributed by atoms with Crippen LogP contribution in [0, 0.1) is 10.1 Å². The van der Waals surface area contributed by atoms with Gasteiger partial charge in [0.05, 0.1) is 31.5 Å². The van der Waals surface area contributed by atoms with Gasteiger partial charge < -0.3 is 13.9 Å². The van der Waals surface area contributed by atoms with Crippen LogP contribution in [0.2, 0.25) is 0 Å². The van der Waals surface area contributed by atoms with Crippen LogP contribution in [0.4, 0.5) is 10.7 Å². The summed E-state index contributed by atoms with van der Waals surface area (Å²) in [5.41, 5.74) is 0.549. The van der Waals surface area contributed by atoms with Crippen LogP contribution in [-0.2, 0) is 9.47 Å². The highest BCUT2D eigenvalue weighted by atomic mass is 16.6. The van der Waals surface area contributed by atoms with Crippen molar-refractivity contribution in [2.45, 2.75) is 13.0 Å². The van der Waals surface area contributed by atoms with Gasteiger partial charge in [0, 0.05) is 19.6 Å². The van der Waals surface area contributed by atoms with Crippen LogP contribution in [0.15, 0.2) is 27.7 Å². The molecule has 140 valence electrons. The topological polar surface area (TPSA) is 111 Å². The highest BCUT2D eigenvalue weighted by Crippen LogP contribution is 2.17. The van der Waals surface area contributed by atoms with Gasteiger partial charge in [0.1, 0.15) is 16.8 Å². The number of hydrazone groups is 1. The second-order valence-electron chi connectivity index (χ2n) is 6.01. The fourth-order valence-corrected chi connectivity index (χ4v) is 2.71. The fraction of sp³-hybridized carbons (Fsp3) is 0.500. The van der Waals surface area contributed by atoms with Gasteiger partial charge in [-0.2, -0.15) is 10.1 Å². The van der Waals surface area contributed by atoms with Crippen LogP contribution in [0.3, 0.4) is 0 Å². The summed E-state index contributed by atoms with van der Waals surface area (Å²) in [6, 6.07) is 2.77. The Morgan fingerprint density at radius 1 is 1.42 bits per heavy atom. The molecule has 2 aliphatic heterocycles. The van der Waals surface area contributed by atoms with E-state index in [0.29, 0.717) is 37.8 Å². The summed E-state index contributed by atoms with van der Waals surface area (Å²) in [5.74, 6) is 0.00811. The third-order valence-electron chi connectivity index (χ3n) is 3.98. The Hall–Kier alpha value is -2.72. The van der Waals surface area contributed by atoms with Crippen LogP contribution in [0.1, 0.15) is 12.7 Å². The Morgan fingerprint density at radius 3 is 2.88 bits per heavy atom. The van der Waals surface area contributed by atoms with Crippen molar-refractivity contribution in [2.75, 3.05) is 39.4 Å². The van der Waals surface area contributed by atoms with E-state index in [1.165, 1.54) is 17.1 Å². The summed E-state index contributed by atoms with van der Waals surface area (Å²) in [6.45, 7) is 5.80. The molecule has 0 aromatic carbocycles. The van der Waals surface area contributed by atoms with Gasteiger partial charge in [-0.05, 0) is 25.1 Å². The second-order valence-corrected chi connectivity index (χ2v) is 6.01. The monoisotopic (exact) mass is 364 g/mol. The number of allylic oxidation sites excluding steroid dienone is 1. The van der Waals surface area contributed by atoms with Crippen molar-refractivity contribution in [3.63, 3.8) is 0 Å². The highest BCUT2D eigenvalue weighted by molar-refractivity contribution is 5.96. The van der Waals surface area contributed by atoms with E-state index >= 15 is 0 Å². The molecule has 10 nitrogen and oxygen atoms in total. The predicted molar refractivity (Wildman–Crippen MR) is 91.7 cm³/mol. The fourth-order valence-electron chi connectivity index (χ4n) is 2.71. The van der Waals surface area contributed by atoms with Crippen molar-refractivity contribution in [3.8, 4) is 0 Å². The molecule has 0 bridgehead atoms. The standard InChI is InChI=1S/C16H20N4O6/c1-12(2-3-13-4-5-15(25-13)20(22)23)17-19-11-14(26-16(19)21)10-18-6-8-24-9-7-18/h2-5,14H,6-11H2,1H3/b3-2-,17-12-/t14-/m0/s1. The minimum Gasteiger partial charge on any atom is -0.441 e. The van der Waals surface area contributed by atoms with Crippen LogP contribution >= 0.6 is 0 Å². The molecule has 0 unspecified atom stereocenters. The number of hydrogen-bond acceptors (Lipinski definition) is 8. The molecule has 0 spiro atoms. The van der Waals surface area contributed by atoms with E-state index in [1.54, 1.807) is 19.1 Å². The molecule has 1 aromatic heterocycles. The summed E-state index contributed by atoms with van der Waals surface area (Å²) in [6.07, 6.45) is 2.46. The van der Waals surface area contributed by atoms with E-state index in [-0.39, 0.29) is 12.0 Å². The normalized spacial score (nSPS) is 22.2. The highest BCUT2D eigenvalue weighted by Gasteiger charge is 2.32. The summed E-state index contributed by atoms with van der Waals surface area (Å²) in [4.78, 5) is 24.1. The smallest absolute Gasteiger partial charge is 0.433 e. The molecule has 3 rings (SSSR count). The molecule has 1 aromatic rings. The van der Waals surface area contributed by atoms with Crippen molar-refractivity contribution in [3.05, 3.63) is 34.1 Å². The number of morpholine rings is 1. The quantitative estimate of drug-likeness (QED) is 0.429. The lowest BCUT2D eigenvalue weighted by Crippen LogP contribution is -2.41. The molecule has 26 heavy (non-hydrogen) atoms. The van der Waals surface area contributed by atoms with Gasteiger partial charge in [0.15, 0.2) is 0 Å². The minimum atomic E-state index is -0.604. The number of hydrogen-bond donors (Lipinski definition) is 0. The number of ether oxygens (including phenoxy) is 2. The molecule has 1 amide bonds. The molecule has 1 atom stereocenters. The summed E-state index contributed by atoms with van der Waals surface area (Å²) in [5, 5.41) is 16.1. The lowest BCUT2D eigenvalue weighted by molar-refractivity contribution is -0.402. The third-order valence-corrected chi connectivity index (χ3v) is 3.98. The molecular formula is C16H20N4O6. The van der Waals surface area contributed by atoms with Crippen molar-refractivity contribution in [1.82, 2.24) is 9.91 Å². The van der Waals surface area contributed by atoms with E-state index in [2.05, 4.69) is 10.0 Å². The van der Waals surface area contributed by atoms with Crippen LogP contribution in [-0.4, -0.2) is 72.1 Å². The molecular weight excluding hydrogens is 344 g/mol. The minimum absolute atomic E-state index is 0.228. The van der Waals surface area contributed by atoms with Crippen LogP contribution in [0.5, 0.6) is 0 Å². The zero-order valence-corrected chi connectivity index (χ0v) is 14.4. The van der Waals surface area contributed by atoms with Crippen LogP contribution in [0.25, 0.3) is 6.08 Å². The third kappa shape index (κ3) is 4.67. The van der Waals surface area contributed by atoms with Gasteiger partial charge in [0.2, 0.25) is 0 Å². The predicted octanol–water partition coefficient (Wildman–Crippen LogP) is 1.73. The number of rotatable bonds is 6. The van der Waals surface area contributed by atoms with Gasteiger partial charge >= 0.3 is 12.0 Å². The molecule has 2 aliphatic rings. The van der Waals surface area contributed by atoms with Crippen molar-refractivity contribution in [1.29, 1.82) is 0 Å². The second kappa shape index (κ2) is 8.11. The first-order chi connectivity index (χ1) is 12.5. The first-order valence-electron chi connectivity index (χ1n) is 8.27. The molecule has 2 saturated heterocycles. The molecule has 3 heterocycles. The Balaban J connectivity index is 1.55. The lowest BCUT2D eigenvalue weighted by atomic mass is 10.3. The Bertz CT molecular complexity index is 722. The summed E-state index contributed by atoms with van der Waals surface area (Å²) in [7, 11) is 0. The molecule has 0 N–H and O–H groups in total. The van der Waals surface area contributed by atoms with Gasteiger partial charge in [-0.25, -0.2) is 4.79 Å². The van der Waals surface area contributed by atoms with Gasteiger partial charge in [-0.1, -0.05) is 0 Å². The zero-order valence-electron chi connectivity index (χ0n) is 14.4. The summed E-state index contributed by atoms with van der Waals surface area (Å²) >= 11 is 0. The average Bonchev–Trinajstić information content (AvgIpc) is 3.21. The maximum Gasteiger partial charge on any atom is 0.433 e. The van der Waals surface area contributed by atoms with E-state index in [9.17, 15) is 14.9 Å². The molecule has 0 radical (unpaired) electrons. The van der Waals surface area contributed by atoms with E-state index in [1.807, 2.05) is 0 Å².